The van der Waals surface area contributed by atoms with Gasteiger partial charge in [0.15, 0.2) is 0 Å². The summed E-state index contributed by atoms with van der Waals surface area (Å²) in [4.78, 5) is 11.8. The van der Waals surface area contributed by atoms with Crippen LogP contribution in [0.2, 0.25) is 0 Å². The standard InChI is InChI=1S/C12H24N2O2/c1-3-10(15)6-8-14-12(16)11-9(2)5-4-7-13-11/h9-11,13,15H,3-8H2,1-2H3,(H,14,16). The number of aliphatic hydroxyl groups is 1. The lowest BCUT2D eigenvalue weighted by Gasteiger charge is -2.29. The van der Waals surface area contributed by atoms with Crippen LogP contribution in [0.5, 0.6) is 0 Å². The summed E-state index contributed by atoms with van der Waals surface area (Å²) in [5.41, 5.74) is 0. The number of carbonyl (C=O) groups excluding carboxylic acids is 1. The summed E-state index contributed by atoms with van der Waals surface area (Å²) >= 11 is 0. The Kier molecular flexibility index (Phi) is 5.77. The van der Waals surface area contributed by atoms with Crippen LogP contribution in [0.25, 0.3) is 0 Å². The van der Waals surface area contributed by atoms with Crippen LogP contribution >= 0.6 is 0 Å². The van der Waals surface area contributed by atoms with E-state index in [2.05, 4.69) is 17.6 Å². The van der Waals surface area contributed by atoms with Gasteiger partial charge in [-0.3, -0.25) is 4.79 Å². The quantitative estimate of drug-likeness (QED) is 0.647. The molecule has 0 aromatic heterocycles. The van der Waals surface area contributed by atoms with Crippen molar-refractivity contribution >= 4 is 5.91 Å². The fourth-order valence-electron chi connectivity index (χ4n) is 2.08. The molecule has 0 aliphatic carbocycles. The monoisotopic (exact) mass is 228 g/mol. The molecule has 0 aromatic carbocycles. The van der Waals surface area contributed by atoms with Crippen LogP contribution in [0.15, 0.2) is 0 Å². The minimum atomic E-state index is -0.294. The summed E-state index contributed by atoms with van der Waals surface area (Å²) in [5.74, 6) is 0.486. The number of hydrogen-bond acceptors (Lipinski definition) is 3. The molecule has 1 saturated heterocycles. The molecule has 3 atom stereocenters. The smallest absolute Gasteiger partial charge is 0.237 e. The van der Waals surface area contributed by atoms with Gasteiger partial charge in [-0.15, -0.1) is 0 Å². The first-order valence-electron chi connectivity index (χ1n) is 6.34. The Labute approximate surface area is 97.8 Å². The van der Waals surface area contributed by atoms with E-state index in [1.54, 1.807) is 0 Å². The second kappa shape index (κ2) is 6.86. The van der Waals surface area contributed by atoms with Crippen LogP contribution in [0, 0.1) is 5.92 Å². The Morgan fingerprint density at radius 3 is 3.00 bits per heavy atom. The highest BCUT2D eigenvalue weighted by Gasteiger charge is 2.26. The van der Waals surface area contributed by atoms with E-state index in [0.717, 1.165) is 25.8 Å². The van der Waals surface area contributed by atoms with Crippen LogP contribution in [-0.4, -0.2) is 36.2 Å². The molecule has 1 rings (SSSR count). The summed E-state index contributed by atoms with van der Waals surface area (Å²) in [5, 5.41) is 15.5. The number of aliphatic hydroxyl groups excluding tert-OH is 1. The molecule has 1 amide bonds. The third kappa shape index (κ3) is 4.10. The highest BCUT2D eigenvalue weighted by molar-refractivity contribution is 5.82. The van der Waals surface area contributed by atoms with Gasteiger partial charge in [0, 0.05) is 6.54 Å². The Balaban J connectivity index is 2.23. The molecular formula is C12H24N2O2. The zero-order valence-electron chi connectivity index (χ0n) is 10.3. The Morgan fingerprint density at radius 1 is 1.62 bits per heavy atom. The molecular weight excluding hydrogens is 204 g/mol. The number of carbonyl (C=O) groups is 1. The summed E-state index contributed by atoms with van der Waals surface area (Å²) in [6.07, 6.45) is 3.36. The predicted molar refractivity (Wildman–Crippen MR) is 64.1 cm³/mol. The summed E-state index contributed by atoms with van der Waals surface area (Å²) < 4.78 is 0. The second-order valence-electron chi connectivity index (χ2n) is 4.69. The van der Waals surface area contributed by atoms with Crippen molar-refractivity contribution in [1.29, 1.82) is 0 Å². The highest BCUT2D eigenvalue weighted by Crippen LogP contribution is 2.15. The minimum absolute atomic E-state index is 0.0486. The van der Waals surface area contributed by atoms with Gasteiger partial charge in [0.2, 0.25) is 5.91 Å². The van der Waals surface area contributed by atoms with Crippen molar-refractivity contribution in [3.8, 4) is 0 Å². The maximum Gasteiger partial charge on any atom is 0.237 e. The molecule has 3 unspecified atom stereocenters. The van der Waals surface area contributed by atoms with Gasteiger partial charge in [-0.1, -0.05) is 13.8 Å². The number of rotatable bonds is 5. The van der Waals surface area contributed by atoms with E-state index >= 15 is 0 Å². The van der Waals surface area contributed by atoms with Crippen LogP contribution in [-0.2, 0) is 4.79 Å². The molecule has 3 N–H and O–H groups in total. The molecule has 4 nitrogen and oxygen atoms in total. The summed E-state index contributed by atoms with van der Waals surface area (Å²) in [7, 11) is 0. The largest absolute Gasteiger partial charge is 0.393 e. The van der Waals surface area contributed by atoms with Crippen molar-refractivity contribution in [2.24, 2.45) is 5.92 Å². The molecule has 0 spiro atoms. The number of amides is 1. The van der Waals surface area contributed by atoms with Crippen LogP contribution in [0.1, 0.15) is 39.5 Å². The molecule has 1 aliphatic rings. The molecule has 1 aliphatic heterocycles. The lowest BCUT2D eigenvalue weighted by Crippen LogP contribution is -2.51. The molecule has 1 heterocycles. The van der Waals surface area contributed by atoms with Crippen molar-refractivity contribution in [1.82, 2.24) is 10.6 Å². The normalized spacial score (nSPS) is 27.4. The average molecular weight is 228 g/mol. The fourth-order valence-corrected chi connectivity index (χ4v) is 2.08. The first-order valence-corrected chi connectivity index (χ1v) is 6.34. The van der Waals surface area contributed by atoms with Gasteiger partial charge in [0.05, 0.1) is 12.1 Å². The summed E-state index contributed by atoms with van der Waals surface area (Å²) in [6, 6.07) is -0.0486. The first kappa shape index (κ1) is 13.5. The Hall–Kier alpha value is -0.610. The lowest BCUT2D eigenvalue weighted by molar-refractivity contribution is -0.124. The van der Waals surface area contributed by atoms with Gasteiger partial charge in [-0.25, -0.2) is 0 Å². The van der Waals surface area contributed by atoms with Gasteiger partial charge < -0.3 is 15.7 Å². The van der Waals surface area contributed by atoms with E-state index in [-0.39, 0.29) is 18.1 Å². The van der Waals surface area contributed by atoms with Gasteiger partial charge in [-0.2, -0.15) is 0 Å². The van der Waals surface area contributed by atoms with Crippen LogP contribution < -0.4 is 10.6 Å². The molecule has 0 bridgehead atoms. The number of piperidine rings is 1. The van der Waals surface area contributed by atoms with Gasteiger partial charge in [-0.05, 0) is 38.1 Å². The predicted octanol–water partition coefficient (Wildman–Crippen LogP) is 0.652. The van der Waals surface area contributed by atoms with E-state index in [0.29, 0.717) is 18.9 Å². The molecule has 16 heavy (non-hydrogen) atoms. The van der Waals surface area contributed by atoms with E-state index in [4.69, 9.17) is 0 Å². The molecule has 4 heteroatoms. The molecule has 0 aromatic rings. The van der Waals surface area contributed by atoms with Crippen molar-refractivity contribution in [2.45, 2.75) is 51.7 Å². The zero-order chi connectivity index (χ0) is 12.0. The first-order chi connectivity index (χ1) is 7.65. The van der Waals surface area contributed by atoms with Gasteiger partial charge in [0.25, 0.3) is 0 Å². The Morgan fingerprint density at radius 2 is 2.38 bits per heavy atom. The lowest BCUT2D eigenvalue weighted by atomic mass is 9.92. The van der Waals surface area contributed by atoms with E-state index in [1.807, 2.05) is 6.92 Å². The number of nitrogens with one attached hydrogen (secondary N) is 2. The molecule has 1 fully saturated rings. The highest BCUT2D eigenvalue weighted by atomic mass is 16.3. The molecule has 0 saturated carbocycles. The second-order valence-corrected chi connectivity index (χ2v) is 4.69. The SMILES string of the molecule is CCC(O)CCNC(=O)C1NCCCC1C. The van der Waals surface area contributed by atoms with E-state index < -0.39 is 0 Å². The third-order valence-corrected chi connectivity index (χ3v) is 3.30. The maximum absolute atomic E-state index is 11.8. The maximum atomic E-state index is 11.8. The van der Waals surface area contributed by atoms with E-state index in [9.17, 15) is 9.90 Å². The van der Waals surface area contributed by atoms with Gasteiger partial charge >= 0.3 is 0 Å². The molecule has 0 radical (unpaired) electrons. The minimum Gasteiger partial charge on any atom is -0.393 e. The van der Waals surface area contributed by atoms with E-state index in [1.165, 1.54) is 0 Å². The van der Waals surface area contributed by atoms with Crippen molar-refractivity contribution in [3.05, 3.63) is 0 Å². The van der Waals surface area contributed by atoms with Crippen molar-refractivity contribution in [3.63, 3.8) is 0 Å². The van der Waals surface area contributed by atoms with Gasteiger partial charge in [0.1, 0.15) is 0 Å². The van der Waals surface area contributed by atoms with Crippen molar-refractivity contribution in [2.75, 3.05) is 13.1 Å². The zero-order valence-corrected chi connectivity index (χ0v) is 10.3. The van der Waals surface area contributed by atoms with Crippen LogP contribution in [0.3, 0.4) is 0 Å². The summed E-state index contributed by atoms with van der Waals surface area (Å²) in [6.45, 7) is 5.55. The molecule has 94 valence electrons. The third-order valence-electron chi connectivity index (χ3n) is 3.30. The van der Waals surface area contributed by atoms with Crippen LogP contribution in [0.4, 0.5) is 0 Å². The fraction of sp³-hybridized carbons (Fsp3) is 0.917. The van der Waals surface area contributed by atoms with Crippen molar-refractivity contribution < 1.29 is 9.90 Å². The topological polar surface area (TPSA) is 61.4 Å². The Bertz CT molecular complexity index is 221. The number of hydrogen-bond donors (Lipinski definition) is 3. The average Bonchev–Trinajstić information content (AvgIpc) is 2.29.